The van der Waals surface area contributed by atoms with Crippen molar-refractivity contribution in [2.45, 2.75) is 20.1 Å². The third-order valence-corrected chi connectivity index (χ3v) is 6.61. The highest BCUT2D eigenvalue weighted by Gasteiger charge is 2.35. The molecule has 0 unspecified atom stereocenters. The molecule has 0 aliphatic carbocycles. The van der Waals surface area contributed by atoms with Gasteiger partial charge in [-0.15, -0.1) is 0 Å². The van der Waals surface area contributed by atoms with Gasteiger partial charge in [0.05, 0.1) is 23.1 Å². The summed E-state index contributed by atoms with van der Waals surface area (Å²) in [6.45, 7) is 2.48. The molecule has 1 aliphatic rings. The van der Waals surface area contributed by atoms with Gasteiger partial charge in [-0.2, -0.15) is 0 Å². The molecule has 3 aromatic carbocycles. The van der Waals surface area contributed by atoms with E-state index in [1.807, 2.05) is 37.3 Å². The van der Waals surface area contributed by atoms with Crippen molar-refractivity contribution in [3.8, 4) is 11.5 Å². The van der Waals surface area contributed by atoms with Gasteiger partial charge in [-0.25, -0.2) is 4.39 Å². The number of hydrogen-bond donors (Lipinski definition) is 0. The van der Waals surface area contributed by atoms with Crippen LogP contribution in [0.15, 0.2) is 65.6 Å². The van der Waals surface area contributed by atoms with Gasteiger partial charge in [-0.3, -0.25) is 14.5 Å². The Hall–Kier alpha value is -3.00. The highest BCUT2D eigenvalue weighted by atomic mass is 35.5. The average molecular weight is 532 g/mol. The van der Waals surface area contributed by atoms with Crippen LogP contribution in [0, 0.1) is 5.82 Å². The molecule has 1 saturated heterocycles. The first kappa shape index (κ1) is 25.1. The number of imide groups is 1. The van der Waals surface area contributed by atoms with Crippen LogP contribution in [0.25, 0.3) is 6.08 Å². The van der Waals surface area contributed by atoms with Gasteiger partial charge in [-0.05, 0) is 65.7 Å². The molecule has 0 bridgehead atoms. The zero-order valence-corrected chi connectivity index (χ0v) is 20.9. The van der Waals surface area contributed by atoms with Crippen LogP contribution in [0.5, 0.6) is 11.5 Å². The molecule has 0 atom stereocenters. The van der Waals surface area contributed by atoms with Crippen molar-refractivity contribution in [2.24, 2.45) is 0 Å². The van der Waals surface area contributed by atoms with Gasteiger partial charge < -0.3 is 9.47 Å². The first-order chi connectivity index (χ1) is 16.9. The fourth-order valence-corrected chi connectivity index (χ4v) is 4.75. The average Bonchev–Trinajstić information content (AvgIpc) is 3.08. The number of halogens is 3. The van der Waals surface area contributed by atoms with Crippen LogP contribution in [0.3, 0.4) is 0 Å². The van der Waals surface area contributed by atoms with E-state index in [-0.39, 0.29) is 16.5 Å². The lowest BCUT2D eigenvalue weighted by atomic mass is 10.1. The molecule has 35 heavy (non-hydrogen) atoms. The van der Waals surface area contributed by atoms with E-state index in [9.17, 15) is 14.0 Å². The predicted octanol–water partition coefficient (Wildman–Crippen LogP) is 7.35. The molecule has 1 fully saturated rings. The third-order valence-electron chi connectivity index (χ3n) is 5.07. The molecule has 0 aromatic heterocycles. The standard InChI is InChI=1S/C26H20Cl2FNO4S/c1-2-33-22-11-17(10-21(28)24(22)34-15-16-6-4-3-5-7-16)12-23-25(31)30(26(32)35-23)14-18-8-9-19(29)13-20(18)27/h3-13H,2,14-15H2,1H3/b23-12-. The number of ether oxygens (including phenoxy) is 2. The molecule has 3 aromatic rings. The molecule has 5 nitrogen and oxygen atoms in total. The molecule has 1 heterocycles. The SMILES string of the molecule is CCOc1cc(/C=C2\SC(=O)N(Cc3ccc(F)cc3Cl)C2=O)cc(Cl)c1OCc1ccccc1. The Balaban J connectivity index is 1.56. The second kappa shape index (κ2) is 11.2. The van der Waals surface area contributed by atoms with Crippen molar-refractivity contribution >= 4 is 52.2 Å². The molecule has 180 valence electrons. The number of carbonyl (C=O) groups is 2. The second-order valence-electron chi connectivity index (χ2n) is 7.54. The number of amides is 2. The van der Waals surface area contributed by atoms with Gasteiger partial charge in [0.25, 0.3) is 11.1 Å². The summed E-state index contributed by atoms with van der Waals surface area (Å²) in [4.78, 5) is 26.7. The van der Waals surface area contributed by atoms with Crippen LogP contribution >= 0.6 is 35.0 Å². The monoisotopic (exact) mass is 531 g/mol. The Morgan fingerprint density at radius 3 is 2.49 bits per heavy atom. The summed E-state index contributed by atoms with van der Waals surface area (Å²) in [5.74, 6) is -0.141. The van der Waals surface area contributed by atoms with Crippen molar-refractivity contribution in [3.05, 3.63) is 98.1 Å². The number of carbonyl (C=O) groups excluding carboxylic acids is 2. The van der Waals surface area contributed by atoms with E-state index in [1.165, 1.54) is 12.1 Å². The largest absolute Gasteiger partial charge is 0.490 e. The molecule has 2 amide bonds. The van der Waals surface area contributed by atoms with Crippen molar-refractivity contribution in [2.75, 3.05) is 6.61 Å². The van der Waals surface area contributed by atoms with E-state index in [1.54, 1.807) is 18.2 Å². The number of rotatable bonds is 8. The van der Waals surface area contributed by atoms with Crippen LogP contribution in [0.1, 0.15) is 23.6 Å². The molecule has 0 spiro atoms. The van der Waals surface area contributed by atoms with Gasteiger partial charge >= 0.3 is 0 Å². The lowest BCUT2D eigenvalue weighted by molar-refractivity contribution is -0.123. The first-order valence-electron chi connectivity index (χ1n) is 10.7. The van der Waals surface area contributed by atoms with Crippen LogP contribution in [-0.4, -0.2) is 22.7 Å². The van der Waals surface area contributed by atoms with Crippen LogP contribution in [0.4, 0.5) is 9.18 Å². The maximum absolute atomic E-state index is 13.3. The lowest BCUT2D eigenvalue weighted by Crippen LogP contribution is -2.27. The lowest BCUT2D eigenvalue weighted by Gasteiger charge is -2.15. The number of thioether (sulfide) groups is 1. The second-order valence-corrected chi connectivity index (χ2v) is 9.35. The highest BCUT2D eigenvalue weighted by molar-refractivity contribution is 8.18. The topological polar surface area (TPSA) is 55.8 Å². The van der Waals surface area contributed by atoms with E-state index in [2.05, 4.69) is 0 Å². The van der Waals surface area contributed by atoms with E-state index in [0.29, 0.717) is 40.9 Å². The molecule has 9 heteroatoms. The molecule has 0 saturated carbocycles. The molecular weight excluding hydrogens is 512 g/mol. The van der Waals surface area contributed by atoms with E-state index < -0.39 is 17.0 Å². The molecule has 1 aliphatic heterocycles. The predicted molar refractivity (Wildman–Crippen MR) is 136 cm³/mol. The van der Waals surface area contributed by atoms with E-state index in [0.717, 1.165) is 28.3 Å². The van der Waals surface area contributed by atoms with Gasteiger partial charge in [-0.1, -0.05) is 59.6 Å². The van der Waals surface area contributed by atoms with Crippen LogP contribution in [0.2, 0.25) is 10.0 Å². The van der Waals surface area contributed by atoms with Gasteiger partial charge in [0.2, 0.25) is 0 Å². The number of hydrogen-bond acceptors (Lipinski definition) is 5. The number of benzene rings is 3. The Morgan fingerprint density at radius 1 is 1.00 bits per heavy atom. The normalized spacial score (nSPS) is 14.6. The van der Waals surface area contributed by atoms with Gasteiger partial charge in [0, 0.05) is 5.02 Å². The molecular formula is C26H20Cl2FNO4S. The van der Waals surface area contributed by atoms with Gasteiger partial charge in [0.1, 0.15) is 12.4 Å². The summed E-state index contributed by atoms with van der Waals surface area (Å²) in [6.07, 6.45) is 1.58. The zero-order chi connectivity index (χ0) is 24.9. The third kappa shape index (κ3) is 5.99. The summed E-state index contributed by atoms with van der Waals surface area (Å²) < 4.78 is 25.0. The maximum Gasteiger partial charge on any atom is 0.293 e. The Kier molecular flexibility index (Phi) is 8.00. The summed E-state index contributed by atoms with van der Waals surface area (Å²) >= 11 is 13.4. The Labute approximate surface area is 216 Å². The summed E-state index contributed by atoms with van der Waals surface area (Å²) in [5.41, 5.74) is 2.03. The minimum atomic E-state index is -0.494. The smallest absolute Gasteiger partial charge is 0.293 e. The van der Waals surface area contributed by atoms with Crippen molar-refractivity contribution in [3.63, 3.8) is 0 Å². The van der Waals surface area contributed by atoms with Crippen LogP contribution in [-0.2, 0) is 17.9 Å². The van der Waals surface area contributed by atoms with Crippen molar-refractivity contribution in [1.82, 2.24) is 4.90 Å². The quantitative estimate of drug-likeness (QED) is 0.284. The minimum absolute atomic E-state index is 0.0572. The van der Waals surface area contributed by atoms with Crippen LogP contribution < -0.4 is 9.47 Å². The molecule has 4 rings (SSSR count). The fraction of sp³-hybridized carbons (Fsp3) is 0.154. The van der Waals surface area contributed by atoms with E-state index >= 15 is 0 Å². The Morgan fingerprint density at radius 2 is 1.77 bits per heavy atom. The van der Waals surface area contributed by atoms with E-state index in [4.69, 9.17) is 32.7 Å². The minimum Gasteiger partial charge on any atom is -0.490 e. The molecule has 0 N–H and O–H groups in total. The highest BCUT2D eigenvalue weighted by Crippen LogP contribution is 2.40. The first-order valence-corrected chi connectivity index (χ1v) is 12.2. The molecule has 0 radical (unpaired) electrons. The maximum atomic E-state index is 13.3. The van der Waals surface area contributed by atoms with Crippen molar-refractivity contribution < 1.29 is 23.5 Å². The van der Waals surface area contributed by atoms with Gasteiger partial charge in [0.15, 0.2) is 11.5 Å². The number of nitrogens with zero attached hydrogens (tertiary/aromatic N) is 1. The van der Waals surface area contributed by atoms with Crippen molar-refractivity contribution in [1.29, 1.82) is 0 Å². The fourth-order valence-electron chi connectivity index (χ4n) is 3.41. The Bertz CT molecular complexity index is 1300. The summed E-state index contributed by atoms with van der Waals surface area (Å²) in [6, 6.07) is 16.8. The summed E-state index contributed by atoms with van der Waals surface area (Å²) in [7, 11) is 0. The zero-order valence-electron chi connectivity index (χ0n) is 18.6. The summed E-state index contributed by atoms with van der Waals surface area (Å²) in [5, 5.41) is 0.0169.